The lowest BCUT2D eigenvalue weighted by Gasteiger charge is -2.25. The van der Waals surface area contributed by atoms with E-state index in [-0.39, 0.29) is 5.54 Å². The highest BCUT2D eigenvalue weighted by atomic mass is 28.4. The van der Waals surface area contributed by atoms with Crippen molar-refractivity contribution in [1.29, 1.82) is 0 Å². The summed E-state index contributed by atoms with van der Waals surface area (Å²) in [5.74, 6) is 0. The average molecular weight is 247 g/mol. The molecule has 0 aromatic rings. The molecule has 1 unspecified atom stereocenters. The molecule has 0 amide bonds. The molecule has 4 heteroatoms. The van der Waals surface area contributed by atoms with E-state index in [1.807, 2.05) is 6.92 Å². The lowest BCUT2D eigenvalue weighted by molar-refractivity contribution is 0.331. The van der Waals surface area contributed by atoms with Crippen LogP contribution in [0.4, 0.5) is 0 Å². The Kier molecular flexibility index (Phi) is 9.22. The fourth-order valence-corrected chi connectivity index (χ4v) is 3.62. The summed E-state index contributed by atoms with van der Waals surface area (Å²) in [6.07, 6.45) is 8.32. The number of hydrogen-bond acceptors (Lipinski definition) is 3. The van der Waals surface area contributed by atoms with Gasteiger partial charge in [0.2, 0.25) is 0 Å². The quantitative estimate of drug-likeness (QED) is 0.410. The Morgan fingerprint density at radius 3 is 2.06 bits per heavy atom. The molecular formula is C12H29NO2Si. The van der Waals surface area contributed by atoms with Crippen LogP contribution in [0.2, 0.25) is 11.6 Å². The van der Waals surface area contributed by atoms with E-state index in [1.54, 1.807) is 0 Å². The molecule has 16 heavy (non-hydrogen) atoms. The third kappa shape index (κ3) is 6.63. The van der Waals surface area contributed by atoms with Gasteiger partial charge >= 0.3 is 8.56 Å². The van der Waals surface area contributed by atoms with Crippen LogP contribution in [-0.4, -0.2) is 24.7 Å². The Bertz CT molecular complexity index is 165. The zero-order chi connectivity index (χ0) is 12.4. The average Bonchev–Trinajstić information content (AvgIpc) is 2.28. The summed E-state index contributed by atoms with van der Waals surface area (Å²) >= 11 is 0. The molecule has 0 aliphatic rings. The van der Waals surface area contributed by atoms with E-state index in [4.69, 9.17) is 5.73 Å². The molecule has 0 fully saturated rings. The number of unbranched alkanes of at least 4 members (excludes halogenated alkanes) is 5. The highest BCUT2D eigenvalue weighted by Crippen LogP contribution is 2.25. The first kappa shape index (κ1) is 16.1. The maximum absolute atomic E-state index is 9.84. The van der Waals surface area contributed by atoms with Crippen molar-refractivity contribution in [2.45, 2.75) is 70.4 Å². The van der Waals surface area contributed by atoms with Gasteiger partial charge in [-0.3, -0.25) is 0 Å². The first-order chi connectivity index (χ1) is 7.58. The van der Waals surface area contributed by atoms with Crippen LogP contribution in [-0.2, 0) is 0 Å². The van der Waals surface area contributed by atoms with Gasteiger partial charge in [-0.15, -0.1) is 0 Å². The van der Waals surface area contributed by atoms with Crippen molar-refractivity contribution in [2.75, 3.05) is 6.54 Å². The number of nitrogens with two attached hydrogens (primary N) is 1. The lowest BCUT2D eigenvalue weighted by atomic mass is 10.1. The van der Waals surface area contributed by atoms with Crippen LogP contribution in [0.3, 0.4) is 0 Å². The molecule has 98 valence electrons. The standard InChI is InChI=1S/C12H29NO2Si/c1-3-5-6-7-8-9-10-12(11-13)16(14,15)4-2/h12,14-15H,3-11,13H2,1-2H3. The molecule has 0 bridgehead atoms. The van der Waals surface area contributed by atoms with E-state index in [2.05, 4.69) is 6.92 Å². The molecule has 0 aromatic carbocycles. The summed E-state index contributed by atoms with van der Waals surface area (Å²) in [4.78, 5) is 19.7. The Balaban J connectivity index is 3.64. The summed E-state index contributed by atoms with van der Waals surface area (Å²) in [6, 6.07) is 0.491. The minimum absolute atomic E-state index is 0.0383. The van der Waals surface area contributed by atoms with Gasteiger partial charge in [0, 0.05) is 5.54 Å². The van der Waals surface area contributed by atoms with Crippen LogP contribution in [0.25, 0.3) is 0 Å². The second-order valence-corrected chi connectivity index (χ2v) is 8.00. The Hall–Kier alpha value is 0.0969. The highest BCUT2D eigenvalue weighted by Gasteiger charge is 2.35. The number of rotatable bonds is 10. The molecule has 0 aliphatic heterocycles. The predicted octanol–water partition coefficient (Wildman–Crippen LogP) is 2.51. The molecule has 0 aromatic heterocycles. The van der Waals surface area contributed by atoms with Gasteiger partial charge in [0.15, 0.2) is 0 Å². The third-order valence-electron chi connectivity index (χ3n) is 3.36. The van der Waals surface area contributed by atoms with E-state index in [9.17, 15) is 9.59 Å². The second kappa shape index (κ2) is 9.16. The largest absolute Gasteiger partial charge is 0.410 e. The van der Waals surface area contributed by atoms with Gasteiger partial charge in [0.05, 0.1) is 0 Å². The number of hydrogen-bond donors (Lipinski definition) is 3. The SMILES string of the molecule is CCCCCCCCC(CN)[Si](O)(O)CC. The zero-order valence-electron chi connectivity index (χ0n) is 10.9. The van der Waals surface area contributed by atoms with Crippen molar-refractivity contribution >= 4 is 8.56 Å². The molecule has 0 radical (unpaired) electrons. The van der Waals surface area contributed by atoms with E-state index in [0.717, 1.165) is 12.8 Å². The van der Waals surface area contributed by atoms with Crippen molar-refractivity contribution in [1.82, 2.24) is 0 Å². The monoisotopic (exact) mass is 247 g/mol. The molecule has 0 aliphatic carbocycles. The van der Waals surface area contributed by atoms with Gasteiger partial charge in [-0.25, -0.2) is 0 Å². The second-order valence-electron chi connectivity index (χ2n) is 4.72. The topological polar surface area (TPSA) is 66.5 Å². The minimum atomic E-state index is -3.01. The molecule has 1 atom stereocenters. The van der Waals surface area contributed by atoms with Gasteiger partial charge in [0.1, 0.15) is 0 Å². The van der Waals surface area contributed by atoms with E-state index >= 15 is 0 Å². The molecule has 3 nitrogen and oxygen atoms in total. The van der Waals surface area contributed by atoms with Gasteiger partial charge in [0.25, 0.3) is 0 Å². The molecule has 0 spiro atoms. The van der Waals surface area contributed by atoms with E-state index in [0.29, 0.717) is 12.6 Å². The van der Waals surface area contributed by atoms with Crippen molar-refractivity contribution in [3.8, 4) is 0 Å². The van der Waals surface area contributed by atoms with Crippen molar-refractivity contribution in [2.24, 2.45) is 5.73 Å². The van der Waals surface area contributed by atoms with Crippen LogP contribution in [0.1, 0.15) is 58.8 Å². The van der Waals surface area contributed by atoms with Crippen molar-refractivity contribution < 1.29 is 9.59 Å². The summed E-state index contributed by atoms with van der Waals surface area (Å²) < 4.78 is 0. The predicted molar refractivity (Wildman–Crippen MR) is 71.5 cm³/mol. The van der Waals surface area contributed by atoms with Crippen LogP contribution < -0.4 is 5.73 Å². The fourth-order valence-electron chi connectivity index (χ4n) is 2.00. The van der Waals surface area contributed by atoms with Crippen molar-refractivity contribution in [3.63, 3.8) is 0 Å². The first-order valence-corrected chi connectivity index (χ1v) is 8.91. The molecule has 0 saturated heterocycles. The first-order valence-electron chi connectivity index (χ1n) is 6.73. The lowest BCUT2D eigenvalue weighted by Crippen LogP contribution is -2.43. The van der Waals surface area contributed by atoms with Crippen molar-refractivity contribution in [3.05, 3.63) is 0 Å². The summed E-state index contributed by atoms with van der Waals surface area (Å²) in [5.41, 5.74) is 5.57. The van der Waals surface area contributed by atoms with Gasteiger partial charge in [-0.2, -0.15) is 0 Å². The summed E-state index contributed by atoms with van der Waals surface area (Å²) in [5, 5.41) is 0. The van der Waals surface area contributed by atoms with Gasteiger partial charge in [-0.05, 0) is 19.0 Å². The molecule has 0 heterocycles. The molecule has 0 rings (SSSR count). The minimum Gasteiger partial charge on any atom is -0.410 e. The Labute approximate surface area is 101 Å². The Morgan fingerprint density at radius 2 is 1.56 bits per heavy atom. The van der Waals surface area contributed by atoms with Gasteiger partial charge in [-0.1, -0.05) is 52.4 Å². The molecule has 4 N–H and O–H groups in total. The normalized spacial score (nSPS) is 14.1. The third-order valence-corrected chi connectivity index (χ3v) is 6.24. The maximum Gasteiger partial charge on any atom is 0.336 e. The van der Waals surface area contributed by atoms with Crippen LogP contribution in [0.15, 0.2) is 0 Å². The van der Waals surface area contributed by atoms with E-state index in [1.165, 1.54) is 32.1 Å². The summed E-state index contributed by atoms with van der Waals surface area (Å²) in [6.45, 7) is 4.47. The van der Waals surface area contributed by atoms with Crippen LogP contribution in [0, 0.1) is 0 Å². The summed E-state index contributed by atoms with van der Waals surface area (Å²) in [7, 11) is -3.01. The fraction of sp³-hybridized carbons (Fsp3) is 1.00. The maximum atomic E-state index is 9.84. The van der Waals surface area contributed by atoms with Gasteiger partial charge < -0.3 is 15.3 Å². The van der Waals surface area contributed by atoms with E-state index < -0.39 is 8.56 Å². The highest BCUT2D eigenvalue weighted by molar-refractivity contribution is 6.66. The Morgan fingerprint density at radius 1 is 1.00 bits per heavy atom. The molecule has 0 saturated carbocycles. The van der Waals surface area contributed by atoms with Crippen LogP contribution >= 0.6 is 0 Å². The van der Waals surface area contributed by atoms with Crippen LogP contribution in [0.5, 0.6) is 0 Å². The zero-order valence-corrected chi connectivity index (χ0v) is 11.9. The smallest absolute Gasteiger partial charge is 0.336 e. The molecular weight excluding hydrogens is 218 g/mol.